The van der Waals surface area contributed by atoms with Crippen molar-refractivity contribution in [2.24, 2.45) is 0 Å². The van der Waals surface area contributed by atoms with Gasteiger partial charge >= 0.3 is 5.97 Å². The topological polar surface area (TPSA) is 84.5 Å². The van der Waals surface area contributed by atoms with E-state index in [1.165, 1.54) is 0 Å². The summed E-state index contributed by atoms with van der Waals surface area (Å²) in [7, 11) is 0. The number of H-pyrrole nitrogens is 1. The van der Waals surface area contributed by atoms with Gasteiger partial charge in [-0.05, 0) is 18.2 Å². The lowest BCUT2D eigenvalue weighted by Gasteiger charge is -2.26. The number of nitrogens with zero attached hydrogens (tertiary/aromatic N) is 2. The molecule has 3 rings (SSSR count). The third kappa shape index (κ3) is 4.01. The summed E-state index contributed by atoms with van der Waals surface area (Å²) in [5, 5.41) is 6.74. The van der Waals surface area contributed by atoms with Gasteiger partial charge in [0.25, 0.3) is 5.91 Å². The van der Waals surface area contributed by atoms with E-state index in [9.17, 15) is 9.59 Å². The SMILES string of the molecule is O=C(OCC(=O)N1CCOCC1)c1cc(-c2ccc(Br)cc2)n[nH]1. The minimum absolute atomic E-state index is 0.211. The number of aromatic nitrogens is 2. The van der Waals surface area contributed by atoms with E-state index in [1.807, 2.05) is 24.3 Å². The van der Waals surface area contributed by atoms with E-state index >= 15 is 0 Å². The highest BCUT2D eigenvalue weighted by molar-refractivity contribution is 9.10. The number of rotatable bonds is 4. The van der Waals surface area contributed by atoms with Crippen LogP contribution in [0, 0.1) is 0 Å². The number of aromatic amines is 1. The van der Waals surface area contributed by atoms with Crippen LogP contribution in [0.4, 0.5) is 0 Å². The van der Waals surface area contributed by atoms with Crippen LogP contribution in [0.25, 0.3) is 11.3 Å². The largest absolute Gasteiger partial charge is 0.451 e. The van der Waals surface area contributed by atoms with Crippen LogP contribution in [0.15, 0.2) is 34.8 Å². The number of carbonyl (C=O) groups excluding carboxylic acids is 2. The van der Waals surface area contributed by atoms with Gasteiger partial charge in [0, 0.05) is 23.1 Å². The van der Waals surface area contributed by atoms with E-state index in [0.29, 0.717) is 32.0 Å². The first-order valence-electron chi connectivity index (χ1n) is 7.47. The molecule has 1 aliphatic heterocycles. The second kappa shape index (κ2) is 7.59. The van der Waals surface area contributed by atoms with Crippen molar-refractivity contribution in [3.05, 3.63) is 40.5 Å². The summed E-state index contributed by atoms with van der Waals surface area (Å²) in [4.78, 5) is 25.6. The van der Waals surface area contributed by atoms with Gasteiger partial charge in [0.15, 0.2) is 6.61 Å². The Morgan fingerprint density at radius 1 is 1.25 bits per heavy atom. The van der Waals surface area contributed by atoms with Crippen molar-refractivity contribution >= 4 is 27.8 Å². The number of benzene rings is 1. The van der Waals surface area contributed by atoms with Crippen LogP contribution in [0.3, 0.4) is 0 Å². The van der Waals surface area contributed by atoms with Gasteiger partial charge in [0.1, 0.15) is 5.69 Å². The summed E-state index contributed by atoms with van der Waals surface area (Å²) in [6, 6.07) is 9.16. The number of nitrogens with one attached hydrogen (secondary N) is 1. The molecule has 0 aliphatic carbocycles. The molecule has 0 atom stereocenters. The molecule has 2 heterocycles. The van der Waals surface area contributed by atoms with Gasteiger partial charge in [0.05, 0.1) is 18.9 Å². The normalized spacial score (nSPS) is 14.5. The lowest BCUT2D eigenvalue weighted by atomic mass is 10.1. The monoisotopic (exact) mass is 393 g/mol. The fourth-order valence-electron chi connectivity index (χ4n) is 2.30. The second-order valence-corrected chi connectivity index (χ2v) is 6.16. The Morgan fingerprint density at radius 3 is 2.67 bits per heavy atom. The average Bonchev–Trinajstić information content (AvgIpc) is 3.11. The first kappa shape index (κ1) is 16.7. The van der Waals surface area contributed by atoms with Crippen LogP contribution in [0.1, 0.15) is 10.5 Å². The van der Waals surface area contributed by atoms with Crippen LogP contribution in [0.5, 0.6) is 0 Å². The van der Waals surface area contributed by atoms with E-state index in [1.54, 1.807) is 11.0 Å². The fourth-order valence-corrected chi connectivity index (χ4v) is 2.57. The van der Waals surface area contributed by atoms with E-state index in [0.717, 1.165) is 10.0 Å². The smallest absolute Gasteiger partial charge is 0.356 e. The summed E-state index contributed by atoms with van der Waals surface area (Å²) < 4.78 is 11.2. The molecule has 24 heavy (non-hydrogen) atoms. The van der Waals surface area contributed by atoms with Gasteiger partial charge in [-0.15, -0.1) is 0 Å². The van der Waals surface area contributed by atoms with Gasteiger partial charge in [-0.3, -0.25) is 9.89 Å². The summed E-state index contributed by atoms with van der Waals surface area (Å²) in [6.45, 7) is 1.78. The zero-order chi connectivity index (χ0) is 16.9. The van der Waals surface area contributed by atoms with Crippen LogP contribution >= 0.6 is 15.9 Å². The van der Waals surface area contributed by atoms with Crippen molar-refractivity contribution < 1.29 is 19.1 Å². The van der Waals surface area contributed by atoms with Crippen molar-refractivity contribution in [1.82, 2.24) is 15.1 Å². The van der Waals surface area contributed by atoms with Gasteiger partial charge in [-0.1, -0.05) is 28.1 Å². The summed E-state index contributed by atoms with van der Waals surface area (Å²) in [6.07, 6.45) is 0. The van der Waals surface area contributed by atoms with Gasteiger partial charge < -0.3 is 14.4 Å². The number of hydrogen-bond donors (Lipinski definition) is 1. The molecule has 0 radical (unpaired) electrons. The predicted octanol–water partition coefficient (Wildman–Crippen LogP) is 1.85. The Balaban J connectivity index is 1.57. The maximum atomic E-state index is 12.0. The number of esters is 1. The maximum absolute atomic E-state index is 12.0. The molecule has 1 N–H and O–H groups in total. The molecule has 1 amide bonds. The second-order valence-electron chi connectivity index (χ2n) is 5.24. The Hall–Kier alpha value is -2.19. The molecule has 0 spiro atoms. The van der Waals surface area contributed by atoms with Crippen LogP contribution in [-0.2, 0) is 14.3 Å². The molecular weight excluding hydrogens is 378 g/mol. The minimum Gasteiger partial charge on any atom is -0.451 e. The molecule has 0 unspecified atom stereocenters. The van der Waals surface area contributed by atoms with E-state index in [4.69, 9.17) is 9.47 Å². The third-order valence-electron chi connectivity index (χ3n) is 3.63. The molecule has 2 aromatic rings. The molecule has 7 nitrogen and oxygen atoms in total. The van der Waals surface area contributed by atoms with Gasteiger partial charge in [-0.2, -0.15) is 5.10 Å². The lowest BCUT2D eigenvalue weighted by molar-refractivity contribution is -0.138. The molecule has 0 bridgehead atoms. The fraction of sp³-hybridized carbons (Fsp3) is 0.312. The van der Waals surface area contributed by atoms with Crippen molar-refractivity contribution in [3.8, 4) is 11.3 Å². The summed E-state index contributed by atoms with van der Waals surface area (Å²) in [5.41, 5.74) is 1.72. The number of ether oxygens (including phenoxy) is 2. The molecule has 1 aliphatic rings. The Labute approximate surface area is 147 Å². The molecular formula is C16H16BrN3O4. The first-order valence-corrected chi connectivity index (χ1v) is 8.27. The maximum Gasteiger partial charge on any atom is 0.356 e. The summed E-state index contributed by atoms with van der Waals surface area (Å²) >= 11 is 3.37. The molecule has 1 saturated heterocycles. The van der Waals surface area contributed by atoms with E-state index < -0.39 is 5.97 Å². The highest BCUT2D eigenvalue weighted by Crippen LogP contribution is 2.20. The van der Waals surface area contributed by atoms with Gasteiger partial charge in [0.2, 0.25) is 0 Å². The standard InChI is InChI=1S/C16H16BrN3O4/c17-12-3-1-11(2-4-12)13-9-14(19-18-13)16(22)24-10-15(21)20-5-7-23-8-6-20/h1-4,9H,5-8,10H2,(H,18,19). The molecule has 1 aromatic carbocycles. The predicted molar refractivity (Wildman–Crippen MR) is 89.4 cm³/mol. The highest BCUT2D eigenvalue weighted by Gasteiger charge is 2.19. The van der Waals surface area contributed by atoms with Crippen LogP contribution in [-0.4, -0.2) is 59.9 Å². The molecule has 8 heteroatoms. The lowest BCUT2D eigenvalue weighted by Crippen LogP contribution is -2.42. The molecule has 1 aromatic heterocycles. The van der Waals surface area contributed by atoms with Crippen molar-refractivity contribution in [2.75, 3.05) is 32.9 Å². The third-order valence-corrected chi connectivity index (χ3v) is 4.16. The van der Waals surface area contributed by atoms with Crippen LogP contribution < -0.4 is 0 Å². The number of amides is 1. The Morgan fingerprint density at radius 2 is 1.96 bits per heavy atom. The molecule has 126 valence electrons. The van der Waals surface area contributed by atoms with Crippen molar-refractivity contribution in [3.63, 3.8) is 0 Å². The van der Waals surface area contributed by atoms with E-state index in [2.05, 4.69) is 26.1 Å². The minimum atomic E-state index is -0.604. The highest BCUT2D eigenvalue weighted by atomic mass is 79.9. The number of halogens is 1. The summed E-state index contributed by atoms with van der Waals surface area (Å²) in [5.74, 6) is -0.827. The Bertz CT molecular complexity index is 723. The first-order chi connectivity index (χ1) is 11.6. The van der Waals surface area contributed by atoms with Crippen molar-refractivity contribution in [2.45, 2.75) is 0 Å². The zero-order valence-electron chi connectivity index (χ0n) is 12.8. The number of carbonyl (C=O) groups is 2. The average molecular weight is 394 g/mol. The van der Waals surface area contributed by atoms with Crippen LogP contribution in [0.2, 0.25) is 0 Å². The molecule has 0 saturated carbocycles. The van der Waals surface area contributed by atoms with Crippen molar-refractivity contribution in [1.29, 1.82) is 0 Å². The zero-order valence-corrected chi connectivity index (χ0v) is 14.4. The van der Waals surface area contributed by atoms with E-state index in [-0.39, 0.29) is 18.2 Å². The number of morpholine rings is 1. The molecule has 1 fully saturated rings. The number of hydrogen-bond acceptors (Lipinski definition) is 5. The Kier molecular flexibility index (Phi) is 5.27. The quantitative estimate of drug-likeness (QED) is 0.801. The van der Waals surface area contributed by atoms with Gasteiger partial charge in [-0.25, -0.2) is 4.79 Å².